The van der Waals surface area contributed by atoms with Gasteiger partial charge < -0.3 is 9.08 Å². The number of Topliss-reactive ketones (excluding diaryl/α,β-unsaturated/α-hetero) is 2. The van der Waals surface area contributed by atoms with Crippen molar-refractivity contribution in [3.8, 4) is 5.75 Å². The lowest BCUT2D eigenvalue weighted by Crippen LogP contribution is -2.39. The molecule has 9 heteroatoms. The molecule has 3 aliphatic rings. The van der Waals surface area contributed by atoms with E-state index in [-0.39, 0.29) is 32.3 Å². The lowest BCUT2D eigenvalue weighted by molar-refractivity contribution is -0.117. The van der Waals surface area contributed by atoms with E-state index in [0.717, 1.165) is 24.2 Å². The van der Waals surface area contributed by atoms with Gasteiger partial charge in [-0.05, 0) is 56.9 Å². The predicted octanol–water partition coefficient (Wildman–Crippen LogP) is 6.19. The van der Waals surface area contributed by atoms with Crippen LogP contribution < -0.4 is 4.18 Å². The minimum Gasteiger partial charge on any atom is -0.377 e. The highest BCUT2D eigenvalue weighted by Crippen LogP contribution is 2.52. The number of benzene rings is 2. The third-order valence-electron chi connectivity index (χ3n) is 6.98. The van der Waals surface area contributed by atoms with Gasteiger partial charge in [0.25, 0.3) is 0 Å². The maximum absolute atomic E-state index is 13.4. The zero-order valence-corrected chi connectivity index (χ0v) is 22.0. The van der Waals surface area contributed by atoms with Gasteiger partial charge in [-0.1, -0.05) is 41.4 Å². The minimum absolute atomic E-state index is 0.00857. The Kier molecular flexibility index (Phi) is 6.74. The summed E-state index contributed by atoms with van der Waals surface area (Å²) in [5.41, 5.74) is 3.11. The number of hydrogen-bond acceptors (Lipinski definition) is 6. The Hall–Kier alpha value is -2.61. The highest BCUT2D eigenvalue weighted by Gasteiger charge is 2.44. The topological polar surface area (TPSA) is 80.8 Å². The minimum atomic E-state index is -4.25. The van der Waals surface area contributed by atoms with Gasteiger partial charge in [0.1, 0.15) is 4.90 Å². The van der Waals surface area contributed by atoms with Gasteiger partial charge in [0.05, 0.1) is 5.02 Å². The van der Waals surface area contributed by atoms with Gasteiger partial charge in [0, 0.05) is 58.4 Å². The molecule has 36 heavy (non-hydrogen) atoms. The maximum Gasteiger partial charge on any atom is 0.339 e. The van der Waals surface area contributed by atoms with Crippen LogP contribution in [0, 0.1) is 0 Å². The molecule has 0 unspecified atom stereocenters. The van der Waals surface area contributed by atoms with Crippen LogP contribution in [-0.4, -0.2) is 31.4 Å². The first-order valence-corrected chi connectivity index (χ1v) is 14.2. The lowest BCUT2D eigenvalue weighted by atomic mass is 9.70. The molecule has 2 aliphatic carbocycles. The third kappa shape index (κ3) is 4.27. The molecule has 0 atom stereocenters. The molecule has 0 aromatic heterocycles. The SMILES string of the molecule is CCN1C2=C(C(=O)CCC2)C(c2cc(Cl)cc(Cl)c2OS(=O)(=O)c2ccccc2)C2=C1CCCC2=O. The zero-order valence-electron chi connectivity index (χ0n) is 19.7. The summed E-state index contributed by atoms with van der Waals surface area (Å²) in [7, 11) is -4.25. The first-order valence-electron chi connectivity index (χ1n) is 12.0. The van der Waals surface area contributed by atoms with Crippen molar-refractivity contribution in [3.63, 3.8) is 0 Å². The van der Waals surface area contributed by atoms with Gasteiger partial charge in [0.15, 0.2) is 17.3 Å². The standard InChI is InChI=1S/C27H25Cl2NO5S/c1-2-30-20-10-6-12-22(31)25(20)24(26-21(30)11-7-13-23(26)32)18-14-16(28)15-19(29)27(18)35-36(33,34)17-8-4-3-5-9-17/h3-5,8-9,14-15,24H,2,6-7,10-13H2,1H3. The van der Waals surface area contributed by atoms with E-state index in [4.69, 9.17) is 27.4 Å². The number of halogens is 2. The van der Waals surface area contributed by atoms with Gasteiger partial charge in [-0.25, -0.2) is 0 Å². The molecule has 1 heterocycles. The number of carbonyl (C=O) groups excluding carboxylic acids is 2. The Morgan fingerprint density at radius 3 is 2.06 bits per heavy atom. The lowest BCUT2D eigenvalue weighted by Gasteiger charge is -2.43. The second-order valence-corrected chi connectivity index (χ2v) is 11.5. The molecule has 5 rings (SSSR count). The van der Waals surface area contributed by atoms with E-state index >= 15 is 0 Å². The fraction of sp³-hybridized carbons (Fsp3) is 0.333. The largest absolute Gasteiger partial charge is 0.377 e. The predicted molar refractivity (Wildman–Crippen MR) is 138 cm³/mol. The summed E-state index contributed by atoms with van der Waals surface area (Å²) in [5.74, 6) is -1.03. The first-order chi connectivity index (χ1) is 17.2. The molecule has 0 saturated heterocycles. The van der Waals surface area contributed by atoms with E-state index in [1.165, 1.54) is 18.2 Å². The molecule has 0 spiro atoms. The van der Waals surface area contributed by atoms with Crippen LogP contribution in [0.2, 0.25) is 10.0 Å². The summed E-state index contributed by atoms with van der Waals surface area (Å²) >= 11 is 12.9. The van der Waals surface area contributed by atoms with Crippen LogP contribution in [0.5, 0.6) is 5.75 Å². The maximum atomic E-state index is 13.4. The van der Waals surface area contributed by atoms with Crippen LogP contribution in [0.25, 0.3) is 0 Å². The highest BCUT2D eigenvalue weighted by molar-refractivity contribution is 7.87. The number of hydrogen-bond donors (Lipinski definition) is 0. The van der Waals surface area contributed by atoms with Crippen LogP contribution in [0.3, 0.4) is 0 Å². The Morgan fingerprint density at radius 1 is 0.917 bits per heavy atom. The van der Waals surface area contributed by atoms with E-state index in [0.29, 0.717) is 48.9 Å². The van der Waals surface area contributed by atoms with Crippen LogP contribution in [0.15, 0.2) is 69.9 Å². The van der Waals surface area contributed by atoms with E-state index in [1.807, 2.05) is 6.92 Å². The van der Waals surface area contributed by atoms with Crippen LogP contribution in [0.1, 0.15) is 56.9 Å². The molecular formula is C27H25Cl2NO5S. The number of nitrogens with zero attached hydrogens (tertiary/aromatic N) is 1. The van der Waals surface area contributed by atoms with Gasteiger partial charge >= 0.3 is 10.1 Å². The van der Waals surface area contributed by atoms with Gasteiger partial charge in [-0.2, -0.15) is 8.42 Å². The van der Waals surface area contributed by atoms with E-state index in [2.05, 4.69) is 4.90 Å². The van der Waals surface area contributed by atoms with Crippen LogP contribution >= 0.6 is 23.2 Å². The van der Waals surface area contributed by atoms with E-state index < -0.39 is 16.0 Å². The summed E-state index contributed by atoms with van der Waals surface area (Å²) in [6, 6.07) is 10.7. The van der Waals surface area contributed by atoms with Crippen molar-refractivity contribution in [1.29, 1.82) is 0 Å². The zero-order chi connectivity index (χ0) is 25.6. The number of carbonyl (C=O) groups is 2. The Morgan fingerprint density at radius 2 is 1.50 bits per heavy atom. The Balaban J connectivity index is 1.76. The summed E-state index contributed by atoms with van der Waals surface area (Å²) in [5, 5.41) is 0.249. The molecule has 0 fully saturated rings. The molecule has 0 saturated carbocycles. The van der Waals surface area contributed by atoms with Crippen LogP contribution in [-0.2, 0) is 19.7 Å². The molecule has 0 N–H and O–H groups in total. The fourth-order valence-electron chi connectivity index (χ4n) is 5.54. The Bertz CT molecular complexity index is 1390. The highest BCUT2D eigenvalue weighted by atomic mass is 35.5. The average Bonchev–Trinajstić information content (AvgIpc) is 2.85. The average molecular weight is 546 g/mol. The molecule has 6 nitrogen and oxygen atoms in total. The number of allylic oxidation sites excluding steroid dienone is 4. The fourth-order valence-corrected chi connectivity index (χ4v) is 7.12. The molecule has 0 radical (unpaired) electrons. The second-order valence-electron chi connectivity index (χ2n) is 9.11. The van der Waals surface area contributed by atoms with Crippen molar-refractivity contribution in [1.82, 2.24) is 4.90 Å². The first kappa shape index (κ1) is 25.1. The van der Waals surface area contributed by atoms with Gasteiger partial charge in [-0.15, -0.1) is 0 Å². The Labute approximate surface area is 220 Å². The molecule has 1 aliphatic heterocycles. The van der Waals surface area contributed by atoms with Crippen LogP contribution in [0.4, 0.5) is 0 Å². The number of rotatable bonds is 5. The number of ketones is 2. The molecule has 2 aromatic rings. The van der Waals surface area contributed by atoms with Gasteiger partial charge in [0.2, 0.25) is 0 Å². The molecule has 188 valence electrons. The van der Waals surface area contributed by atoms with Crippen molar-refractivity contribution in [2.24, 2.45) is 0 Å². The van der Waals surface area contributed by atoms with Gasteiger partial charge in [-0.3, -0.25) is 9.59 Å². The summed E-state index contributed by atoms with van der Waals surface area (Å²) < 4.78 is 32.0. The van der Waals surface area contributed by atoms with Crippen molar-refractivity contribution in [2.45, 2.75) is 56.3 Å². The summed E-state index contributed by atoms with van der Waals surface area (Å²) in [6.07, 6.45) is 3.55. The van der Waals surface area contributed by atoms with E-state index in [1.54, 1.807) is 24.3 Å². The smallest absolute Gasteiger partial charge is 0.339 e. The quantitative estimate of drug-likeness (QED) is 0.416. The van der Waals surface area contributed by atoms with Crippen molar-refractivity contribution in [2.75, 3.05) is 6.54 Å². The van der Waals surface area contributed by atoms with Crippen molar-refractivity contribution >= 4 is 44.9 Å². The molecular weight excluding hydrogens is 521 g/mol. The third-order valence-corrected chi connectivity index (χ3v) is 8.71. The molecule has 0 bridgehead atoms. The summed E-state index contributed by atoms with van der Waals surface area (Å²) in [6.45, 7) is 2.64. The molecule has 0 amide bonds. The monoisotopic (exact) mass is 545 g/mol. The summed E-state index contributed by atoms with van der Waals surface area (Å²) in [4.78, 5) is 28.9. The van der Waals surface area contributed by atoms with Crippen molar-refractivity contribution in [3.05, 3.63) is 80.6 Å². The van der Waals surface area contributed by atoms with E-state index in [9.17, 15) is 18.0 Å². The molecule has 2 aromatic carbocycles. The second kappa shape index (κ2) is 9.69. The normalized spacial score (nSPS) is 18.9. The van der Waals surface area contributed by atoms with Crippen molar-refractivity contribution < 1.29 is 22.2 Å².